The van der Waals surface area contributed by atoms with E-state index in [1.165, 1.54) is 11.3 Å². The molecule has 0 spiro atoms. The van der Waals surface area contributed by atoms with Crippen LogP contribution in [0, 0.1) is 0 Å². The van der Waals surface area contributed by atoms with Crippen molar-refractivity contribution < 1.29 is 4.79 Å². The summed E-state index contributed by atoms with van der Waals surface area (Å²) in [5.41, 5.74) is 2.22. The maximum atomic E-state index is 11.7. The lowest BCUT2D eigenvalue weighted by molar-refractivity contribution is -0.131. The predicted molar refractivity (Wildman–Crippen MR) is 58.3 cm³/mol. The van der Waals surface area contributed by atoms with E-state index < -0.39 is 0 Å². The number of hydrogen-bond acceptors (Lipinski definition) is 2. The smallest absolute Gasteiger partial charge is 0.224 e. The topological polar surface area (TPSA) is 32.3 Å². The molecule has 1 saturated heterocycles. The minimum Gasteiger partial charge on any atom is -0.363 e. The van der Waals surface area contributed by atoms with E-state index in [0.29, 0.717) is 6.42 Å². The fourth-order valence-electron chi connectivity index (χ4n) is 2.53. The number of fused-ring (bicyclic) bond motifs is 2. The highest BCUT2D eigenvalue weighted by atomic mass is 16.2. The lowest BCUT2D eigenvalue weighted by atomic mass is 10.0. The van der Waals surface area contributed by atoms with Gasteiger partial charge in [-0.05, 0) is 25.0 Å². The van der Waals surface area contributed by atoms with Gasteiger partial charge >= 0.3 is 0 Å². The molecule has 1 fully saturated rings. The Bertz CT molecular complexity index is 429. The number of nitrogens with zero attached hydrogens (tertiary/aromatic N) is 1. The van der Waals surface area contributed by atoms with Crippen molar-refractivity contribution in [1.29, 1.82) is 0 Å². The van der Waals surface area contributed by atoms with Crippen LogP contribution in [0.2, 0.25) is 0 Å². The standard InChI is InChI=1S/C12H14N2O/c1-12-7-6-11(15)14(12)8-9-4-2-3-5-10(9)13-12/h2-5,13H,6-8H2,1H3/t12-/m1/s1. The highest BCUT2D eigenvalue weighted by molar-refractivity contribution is 5.81. The molecule has 1 aromatic rings. The molecule has 0 saturated carbocycles. The van der Waals surface area contributed by atoms with Crippen molar-refractivity contribution in [2.24, 2.45) is 0 Å². The van der Waals surface area contributed by atoms with Crippen molar-refractivity contribution in [3.8, 4) is 0 Å². The summed E-state index contributed by atoms with van der Waals surface area (Å²) < 4.78 is 0. The Kier molecular flexibility index (Phi) is 1.61. The Labute approximate surface area is 89.1 Å². The number of para-hydroxylation sites is 1. The molecule has 3 rings (SSSR count). The van der Waals surface area contributed by atoms with Crippen LogP contribution in [0.1, 0.15) is 25.3 Å². The van der Waals surface area contributed by atoms with E-state index in [1.807, 2.05) is 17.0 Å². The first-order valence-electron chi connectivity index (χ1n) is 5.36. The van der Waals surface area contributed by atoms with Gasteiger partial charge in [-0.25, -0.2) is 0 Å². The van der Waals surface area contributed by atoms with Gasteiger partial charge in [-0.15, -0.1) is 0 Å². The van der Waals surface area contributed by atoms with Crippen molar-refractivity contribution >= 4 is 11.6 Å². The molecule has 15 heavy (non-hydrogen) atoms. The Morgan fingerprint density at radius 1 is 1.40 bits per heavy atom. The zero-order valence-electron chi connectivity index (χ0n) is 8.79. The van der Waals surface area contributed by atoms with Crippen LogP contribution in [0.5, 0.6) is 0 Å². The van der Waals surface area contributed by atoms with Crippen LogP contribution < -0.4 is 5.32 Å². The summed E-state index contributed by atoms with van der Waals surface area (Å²) in [4.78, 5) is 13.7. The maximum absolute atomic E-state index is 11.7. The molecule has 78 valence electrons. The molecule has 0 aromatic heterocycles. The molecule has 1 N–H and O–H groups in total. The number of rotatable bonds is 0. The molecule has 0 bridgehead atoms. The lowest BCUT2D eigenvalue weighted by Gasteiger charge is -2.41. The molecular weight excluding hydrogens is 188 g/mol. The predicted octanol–water partition coefficient (Wildman–Crippen LogP) is 1.95. The SMILES string of the molecule is C[C@]12CCC(=O)N1Cc1ccccc1N2. The number of nitrogens with one attached hydrogen (secondary N) is 1. The molecule has 1 amide bonds. The van der Waals surface area contributed by atoms with Crippen LogP contribution >= 0.6 is 0 Å². The van der Waals surface area contributed by atoms with E-state index in [-0.39, 0.29) is 11.6 Å². The number of hydrogen-bond donors (Lipinski definition) is 1. The lowest BCUT2D eigenvalue weighted by Crippen LogP contribution is -2.51. The average molecular weight is 202 g/mol. The largest absolute Gasteiger partial charge is 0.363 e. The first kappa shape index (κ1) is 8.77. The van der Waals surface area contributed by atoms with Crippen LogP contribution in [0.3, 0.4) is 0 Å². The van der Waals surface area contributed by atoms with E-state index >= 15 is 0 Å². The first-order chi connectivity index (χ1) is 7.19. The van der Waals surface area contributed by atoms with Crippen molar-refractivity contribution in [2.45, 2.75) is 32.0 Å². The Morgan fingerprint density at radius 3 is 3.07 bits per heavy atom. The second-order valence-electron chi connectivity index (χ2n) is 4.54. The molecule has 1 aromatic carbocycles. The monoisotopic (exact) mass is 202 g/mol. The Balaban J connectivity index is 2.05. The van der Waals surface area contributed by atoms with Gasteiger partial charge in [-0.3, -0.25) is 4.79 Å². The molecule has 2 aliphatic rings. The third kappa shape index (κ3) is 1.16. The summed E-state index contributed by atoms with van der Waals surface area (Å²) >= 11 is 0. The van der Waals surface area contributed by atoms with Crippen LogP contribution in [-0.2, 0) is 11.3 Å². The fourth-order valence-corrected chi connectivity index (χ4v) is 2.53. The van der Waals surface area contributed by atoms with Crippen LogP contribution in [-0.4, -0.2) is 16.5 Å². The van der Waals surface area contributed by atoms with Gasteiger partial charge in [-0.2, -0.15) is 0 Å². The number of carbonyl (C=O) groups excluding carboxylic acids is 1. The van der Waals surface area contributed by atoms with Gasteiger partial charge < -0.3 is 10.2 Å². The van der Waals surface area contributed by atoms with E-state index in [1.54, 1.807) is 0 Å². The minimum absolute atomic E-state index is 0.161. The summed E-state index contributed by atoms with van der Waals surface area (Å²) in [6.07, 6.45) is 1.57. The van der Waals surface area contributed by atoms with Gasteiger partial charge in [0.05, 0.1) is 0 Å². The third-order valence-corrected chi connectivity index (χ3v) is 3.47. The van der Waals surface area contributed by atoms with Gasteiger partial charge in [0.25, 0.3) is 0 Å². The van der Waals surface area contributed by atoms with Gasteiger partial charge in [-0.1, -0.05) is 18.2 Å². The van der Waals surface area contributed by atoms with E-state index in [9.17, 15) is 4.79 Å². The fraction of sp³-hybridized carbons (Fsp3) is 0.417. The third-order valence-electron chi connectivity index (χ3n) is 3.47. The zero-order valence-corrected chi connectivity index (χ0v) is 8.79. The minimum atomic E-state index is -0.161. The highest BCUT2D eigenvalue weighted by Crippen LogP contribution is 2.38. The summed E-state index contributed by atoms with van der Waals surface area (Å²) in [5.74, 6) is 0.263. The van der Waals surface area contributed by atoms with Gasteiger partial charge in [0, 0.05) is 18.7 Å². The van der Waals surface area contributed by atoms with Gasteiger partial charge in [0.15, 0.2) is 0 Å². The number of benzene rings is 1. The summed E-state index contributed by atoms with van der Waals surface area (Å²) in [6, 6.07) is 8.21. The molecule has 2 heterocycles. The summed E-state index contributed by atoms with van der Waals surface area (Å²) in [5, 5.41) is 3.47. The molecule has 2 aliphatic heterocycles. The molecule has 1 atom stereocenters. The second-order valence-corrected chi connectivity index (χ2v) is 4.54. The van der Waals surface area contributed by atoms with E-state index in [2.05, 4.69) is 24.4 Å². The first-order valence-corrected chi connectivity index (χ1v) is 5.36. The quantitative estimate of drug-likeness (QED) is 0.697. The van der Waals surface area contributed by atoms with Crippen LogP contribution in [0.4, 0.5) is 5.69 Å². The van der Waals surface area contributed by atoms with Crippen molar-refractivity contribution in [2.75, 3.05) is 5.32 Å². The van der Waals surface area contributed by atoms with Crippen molar-refractivity contribution in [1.82, 2.24) is 4.90 Å². The van der Waals surface area contributed by atoms with Crippen molar-refractivity contribution in [3.63, 3.8) is 0 Å². The van der Waals surface area contributed by atoms with Crippen LogP contribution in [0.15, 0.2) is 24.3 Å². The molecule has 3 nitrogen and oxygen atoms in total. The van der Waals surface area contributed by atoms with Crippen molar-refractivity contribution in [3.05, 3.63) is 29.8 Å². The molecule has 0 aliphatic carbocycles. The van der Waals surface area contributed by atoms with E-state index in [4.69, 9.17) is 0 Å². The average Bonchev–Trinajstić information content (AvgIpc) is 2.52. The maximum Gasteiger partial charge on any atom is 0.224 e. The van der Waals surface area contributed by atoms with Gasteiger partial charge in [0.1, 0.15) is 5.66 Å². The summed E-state index contributed by atoms with van der Waals surface area (Å²) in [7, 11) is 0. The van der Waals surface area contributed by atoms with E-state index in [0.717, 1.165) is 13.0 Å². The molecule has 0 radical (unpaired) electrons. The summed E-state index contributed by atoms with van der Waals surface area (Å²) in [6.45, 7) is 2.85. The normalized spacial score (nSPS) is 28.3. The number of anilines is 1. The van der Waals surface area contributed by atoms with Crippen LogP contribution in [0.25, 0.3) is 0 Å². The number of carbonyl (C=O) groups is 1. The Morgan fingerprint density at radius 2 is 2.20 bits per heavy atom. The molecule has 3 heteroatoms. The Hall–Kier alpha value is -1.51. The number of amides is 1. The highest BCUT2D eigenvalue weighted by Gasteiger charge is 2.44. The molecule has 0 unspecified atom stereocenters. The zero-order chi connectivity index (χ0) is 10.5. The second kappa shape index (κ2) is 2.75. The van der Waals surface area contributed by atoms with Gasteiger partial charge in [0.2, 0.25) is 5.91 Å². The molecular formula is C12H14N2O.